The van der Waals surface area contributed by atoms with Crippen molar-refractivity contribution in [1.29, 1.82) is 0 Å². The third-order valence-electron chi connectivity index (χ3n) is 6.34. The standard InChI is InChI=1S/C30H34Cl2N2O2/c1-4-5-16-33-30(36)28(18-23-10-7-6-8-11-23)34(20-25-26(31)12-9-13-27(25)32)29(35)19-24-17-21(2)14-15-22(24)3/h6-15,17,28H,4-5,16,18-20H2,1-3H3,(H,33,36)/t28-/m0/s1. The first kappa shape index (κ1) is 27.8. The van der Waals surface area contributed by atoms with Crippen molar-refractivity contribution < 1.29 is 9.59 Å². The second-order valence-electron chi connectivity index (χ2n) is 9.18. The monoisotopic (exact) mass is 524 g/mol. The minimum atomic E-state index is -0.714. The van der Waals surface area contributed by atoms with Crippen molar-refractivity contribution in [3.63, 3.8) is 0 Å². The minimum absolute atomic E-state index is 0.140. The van der Waals surface area contributed by atoms with Gasteiger partial charge in [0.1, 0.15) is 6.04 Å². The lowest BCUT2D eigenvalue weighted by Crippen LogP contribution is -2.51. The van der Waals surface area contributed by atoms with Crippen LogP contribution in [0.25, 0.3) is 0 Å². The van der Waals surface area contributed by atoms with E-state index >= 15 is 0 Å². The molecule has 3 aromatic rings. The quantitative estimate of drug-likeness (QED) is 0.283. The average Bonchev–Trinajstić information content (AvgIpc) is 2.85. The van der Waals surface area contributed by atoms with Crippen LogP contribution in [0.3, 0.4) is 0 Å². The Kier molecular flexibility index (Phi) is 10.4. The molecule has 0 radical (unpaired) electrons. The molecule has 1 atom stereocenters. The van der Waals surface area contributed by atoms with Crippen LogP contribution >= 0.6 is 23.2 Å². The molecule has 0 spiro atoms. The number of hydrogen-bond donors (Lipinski definition) is 1. The number of carbonyl (C=O) groups excluding carboxylic acids is 2. The first-order valence-corrected chi connectivity index (χ1v) is 13.2. The van der Waals surface area contributed by atoms with E-state index in [0.29, 0.717) is 28.6 Å². The number of aryl methyl sites for hydroxylation is 2. The predicted molar refractivity (Wildman–Crippen MR) is 148 cm³/mol. The lowest BCUT2D eigenvalue weighted by atomic mass is 9.99. The second kappa shape index (κ2) is 13.5. The summed E-state index contributed by atoms with van der Waals surface area (Å²) in [5, 5.41) is 3.98. The number of nitrogens with zero attached hydrogens (tertiary/aromatic N) is 1. The molecule has 1 N–H and O–H groups in total. The molecule has 6 heteroatoms. The summed E-state index contributed by atoms with van der Waals surface area (Å²) in [6, 6.07) is 20.4. The molecule has 3 aromatic carbocycles. The molecule has 0 saturated carbocycles. The van der Waals surface area contributed by atoms with Crippen LogP contribution < -0.4 is 5.32 Å². The number of nitrogens with one attached hydrogen (secondary N) is 1. The van der Waals surface area contributed by atoms with Crippen LogP contribution in [0.15, 0.2) is 66.7 Å². The largest absolute Gasteiger partial charge is 0.354 e. The van der Waals surface area contributed by atoms with E-state index < -0.39 is 6.04 Å². The van der Waals surface area contributed by atoms with E-state index in [-0.39, 0.29) is 24.8 Å². The van der Waals surface area contributed by atoms with Gasteiger partial charge >= 0.3 is 0 Å². The summed E-state index contributed by atoms with van der Waals surface area (Å²) in [6.45, 7) is 6.78. The van der Waals surface area contributed by atoms with Gasteiger partial charge in [-0.05, 0) is 49.1 Å². The molecule has 0 unspecified atom stereocenters. The molecule has 0 aliphatic heterocycles. The molecule has 0 heterocycles. The van der Waals surface area contributed by atoms with Gasteiger partial charge in [-0.3, -0.25) is 9.59 Å². The highest BCUT2D eigenvalue weighted by Gasteiger charge is 2.31. The molecule has 0 fully saturated rings. The Bertz CT molecular complexity index is 1160. The van der Waals surface area contributed by atoms with Gasteiger partial charge in [0.25, 0.3) is 0 Å². The maximum Gasteiger partial charge on any atom is 0.243 e. The van der Waals surface area contributed by atoms with Crippen LogP contribution in [-0.4, -0.2) is 29.3 Å². The van der Waals surface area contributed by atoms with Crippen LogP contribution in [0.5, 0.6) is 0 Å². The Balaban J connectivity index is 2.02. The summed E-state index contributed by atoms with van der Waals surface area (Å²) < 4.78 is 0. The van der Waals surface area contributed by atoms with Crippen molar-refractivity contribution in [2.24, 2.45) is 0 Å². The maximum atomic E-state index is 13.9. The van der Waals surface area contributed by atoms with Gasteiger partial charge in [-0.2, -0.15) is 0 Å². The van der Waals surface area contributed by atoms with Gasteiger partial charge in [0, 0.05) is 35.1 Å². The summed E-state index contributed by atoms with van der Waals surface area (Å²) in [5.74, 6) is -0.323. The van der Waals surface area contributed by atoms with Gasteiger partial charge in [-0.15, -0.1) is 0 Å². The smallest absolute Gasteiger partial charge is 0.243 e. The highest BCUT2D eigenvalue weighted by molar-refractivity contribution is 6.36. The number of unbranched alkanes of at least 4 members (excludes halogenated alkanes) is 1. The molecule has 36 heavy (non-hydrogen) atoms. The minimum Gasteiger partial charge on any atom is -0.354 e. The molecule has 2 amide bonds. The summed E-state index contributed by atoms with van der Waals surface area (Å²) in [5.41, 5.74) is 4.68. The number of benzene rings is 3. The topological polar surface area (TPSA) is 49.4 Å². The number of halogens is 2. The highest BCUT2D eigenvalue weighted by Crippen LogP contribution is 2.28. The van der Waals surface area contributed by atoms with Crippen LogP contribution in [0.2, 0.25) is 10.0 Å². The summed E-state index contributed by atoms with van der Waals surface area (Å²) in [7, 11) is 0. The van der Waals surface area contributed by atoms with E-state index in [0.717, 1.165) is 35.1 Å². The van der Waals surface area contributed by atoms with E-state index in [9.17, 15) is 9.59 Å². The number of carbonyl (C=O) groups is 2. The normalized spacial score (nSPS) is 11.7. The van der Waals surface area contributed by atoms with Gasteiger partial charge < -0.3 is 10.2 Å². The molecular weight excluding hydrogens is 491 g/mol. The number of amides is 2. The molecule has 4 nitrogen and oxygen atoms in total. The maximum absolute atomic E-state index is 13.9. The summed E-state index contributed by atoms with van der Waals surface area (Å²) >= 11 is 13.0. The van der Waals surface area contributed by atoms with Gasteiger partial charge in [-0.1, -0.05) is 96.7 Å². The number of hydrogen-bond acceptors (Lipinski definition) is 2. The van der Waals surface area contributed by atoms with Crippen LogP contribution in [0.4, 0.5) is 0 Å². The van der Waals surface area contributed by atoms with Crippen molar-refractivity contribution >= 4 is 35.0 Å². The van der Waals surface area contributed by atoms with E-state index in [2.05, 4.69) is 12.2 Å². The highest BCUT2D eigenvalue weighted by atomic mass is 35.5. The van der Waals surface area contributed by atoms with Gasteiger partial charge in [0.15, 0.2) is 0 Å². The lowest BCUT2D eigenvalue weighted by molar-refractivity contribution is -0.140. The van der Waals surface area contributed by atoms with Crippen molar-refractivity contribution in [2.45, 2.75) is 59.0 Å². The summed E-state index contributed by atoms with van der Waals surface area (Å²) in [4.78, 5) is 29.1. The average molecular weight is 526 g/mol. The molecule has 0 saturated heterocycles. The van der Waals surface area contributed by atoms with Crippen molar-refractivity contribution in [3.05, 3.63) is 105 Å². The molecule has 0 aliphatic carbocycles. The molecular formula is C30H34Cl2N2O2. The third kappa shape index (κ3) is 7.59. The van der Waals surface area contributed by atoms with Crippen molar-refractivity contribution in [1.82, 2.24) is 10.2 Å². The Morgan fingerprint density at radius 2 is 1.64 bits per heavy atom. The zero-order valence-corrected chi connectivity index (χ0v) is 22.7. The van der Waals surface area contributed by atoms with E-state index in [1.54, 1.807) is 23.1 Å². The first-order chi connectivity index (χ1) is 17.3. The van der Waals surface area contributed by atoms with Gasteiger partial charge in [-0.25, -0.2) is 0 Å². The molecule has 0 aromatic heterocycles. The molecule has 190 valence electrons. The zero-order valence-electron chi connectivity index (χ0n) is 21.2. The fourth-order valence-electron chi connectivity index (χ4n) is 4.17. The molecule has 0 bridgehead atoms. The Morgan fingerprint density at radius 3 is 2.31 bits per heavy atom. The second-order valence-corrected chi connectivity index (χ2v) is 9.99. The fourth-order valence-corrected chi connectivity index (χ4v) is 4.69. The Hall–Kier alpha value is -2.82. The van der Waals surface area contributed by atoms with Crippen molar-refractivity contribution in [3.8, 4) is 0 Å². The Morgan fingerprint density at radius 1 is 0.944 bits per heavy atom. The van der Waals surface area contributed by atoms with E-state index in [1.165, 1.54) is 0 Å². The summed E-state index contributed by atoms with van der Waals surface area (Å²) in [6.07, 6.45) is 2.41. The van der Waals surface area contributed by atoms with Crippen LogP contribution in [0.1, 0.15) is 47.6 Å². The zero-order chi connectivity index (χ0) is 26.1. The predicted octanol–water partition coefficient (Wildman–Crippen LogP) is 6.71. The SMILES string of the molecule is CCCCNC(=O)[C@H](Cc1ccccc1)N(Cc1c(Cl)cccc1Cl)C(=O)Cc1cc(C)ccc1C. The first-order valence-electron chi connectivity index (χ1n) is 12.4. The van der Waals surface area contributed by atoms with Gasteiger partial charge in [0.05, 0.1) is 6.42 Å². The van der Waals surface area contributed by atoms with E-state index in [1.807, 2.05) is 62.4 Å². The van der Waals surface area contributed by atoms with Crippen LogP contribution in [-0.2, 0) is 29.0 Å². The number of rotatable bonds is 11. The Labute approximate surface area is 224 Å². The third-order valence-corrected chi connectivity index (χ3v) is 7.05. The molecule has 0 aliphatic rings. The molecule has 3 rings (SSSR count). The van der Waals surface area contributed by atoms with Crippen LogP contribution in [0, 0.1) is 13.8 Å². The van der Waals surface area contributed by atoms with E-state index in [4.69, 9.17) is 23.2 Å². The van der Waals surface area contributed by atoms with Crippen molar-refractivity contribution in [2.75, 3.05) is 6.54 Å². The lowest BCUT2D eigenvalue weighted by Gasteiger charge is -2.32. The van der Waals surface area contributed by atoms with Gasteiger partial charge in [0.2, 0.25) is 11.8 Å². The fraction of sp³-hybridized carbons (Fsp3) is 0.333.